The monoisotopic (exact) mass is 1170 g/mol. The van der Waals surface area contributed by atoms with Crippen molar-refractivity contribution in [3.8, 4) is 0 Å². The van der Waals surface area contributed by atoms with Gasteiger partial charge in [0.1, 0.15) is 29.9 Å². The van der Waals surface area contributed by atoms with Crippen molar-refractivity contribution in [3.05, 3.63) is 117 Å². The molecule has 4 atom stereocenters. The summed E-state index contributed by atoms with van der Waals surface area (Å²) in [6, 6.07) is 28.4. The van der Waals surface area contributed by atoms with E-state index < -0.39 is 41.4 Å². The molecular weight excluding hydrogens is 1110 g/mol. The number of benzene rings is 3. The van der Waals surface area contributed by atoms with Crippen molar-refractivity contribution in [3.63, 3.8) is 0 Å². The van der Waals surface area contributed by atoms with Crippen molar-refractivity contribution in [2.24, 2.45) is 11.8 Å². The maximum Gasteiger partial charge on any atom is -0.0850 e. The van der Waals surface area contributed by atoms with Gasteiger partial charge in [0.05, 0.1) is 0 Å². The standard InChI is InChI=1S/C25H31NO4.C18H25NO4.I3.2HNO/c1-25(2,3)30-24(28)26-17-21(16-19-10-6-4-7-11-19)14-15-22(26)23(27)29-18-20-12-8-5-9-13-20;1-18(2,3)23-17(22)19-12-14(9-10-15(19)16(20)21)11-13-7-5-4-6-8-13;1-3-2;2*1-2/h4-13,21-22H,14-18H2,1-3H3;4-8,14-15H,9-12H2,1-3H3,(H,20,21);;2*1H/q;;-1;;/t21-,22-;14-,15-;;;/m00.../s1. The smallest absolute Gasteiger partial charge is 0.0850 e. The predicted octanol–water partition coefficient (Wildman–Crippen LogP) is 7.76. The number of amides is 2. The number of nitrogens with zero attached hydrogens (tertiary/aromatic N) is 2. The Morgan fingerprint density at radius 1 is 0.617 bits per heavy atom. The maximum absolute atomic E-state index is 12.9. The molecule has 0 aromatic heterocycles. The maximum atomic E-state index is 12.9. The zero-order valence-electron chi connectivity index (χ0n) is 35.0. The summed E-state index contributed by atoms with van der Waals surface area (Å²) in [5, 5.41) is 9.38. The number of rotatable bonds is 8. The van der Waals surface area contributed by atoms with Gasteiger partial charge in [0.2, 0.25) is 0 Å². The molecule has 0 saturated carbocycles. The summed E-state index contributed by atoms with van der Waals surface area (Å²) < 4.78 is 16.5. The predicted molar refractivity (Wildman–Crippen MR) is 243 cm³/mol. The fraction of sp³-hybridized carbons (Fsp3) is 0.488. The molecule has 2 amide bonds. The van der Waals surface area contributed by atoms with E-state index in [1.165, 1.54) is 16.0 Å². The van der Waals surface area contributed by atoms with Gasteiger partial charge in [-0.1, -0.05) is 102 Å². The van der Waals surface area contributed by atoms with Crippen molar-refractivity contribution in [2.75, 3.05) is 13.1 Å². The largest absolute Gasteiger partial charge is 0.154 e. The van der Waals surface area contributed by atoms with Crippen LogP contribution in [0.1, 0.15) is 83.9 Å². The van der Waals surface area contributed by atoms with Gasteiger partial charge in [-0.2, -0.15) is 9.81 Å². The first-order chi connectivity index (χ1) is 28.5. The Balaban J connectivity index is 0.000000535. The first kappa shape index (κ1) is 54.5. The molecule has 0 radical (unpaired) electrons. The number of ether oxygens (including phenoxy) is 3. The molecule has 0 aliphatic carbocycles. The van der Waals surface area contributed by atoms with Crippen molar-refractivity contribution < 1.29 is 51.8 Å². The van der Waals surface area contributed by atoms with Gasteiger partial charge in [-0.3, -0.25) is 9.80 Å². The van der Waals surface area contributed by atoms with Gasteiger partial charge in [-0.15, -0.1) is 0 Å². The second-order valence-corrected chi connectivity index (χ2v) is 32.3. The van der Waals surface area contributed by atoms with E-state index in [1.54, 1.807) is 25.7 Å². The van der Waals surface area contributed by atoms with Crippen LogP contribution in [0, 0.1) is 32.8 Å². The number of hydrogen-bond acceptors (Lipinski definition) is 11. The van der Waals surface area contributed by atoms with Gasteiger partial charge in [-0.25, -0.2) is 19.2 Å². The number of carboxylic acid groups (broad SMARTS) is 1. The van der Waals surface area contributed by atoms with Crippen molar-refractivity contribution >= 4 is 61.4 Å². The molecule has 332 valence electrons. The number of aliphatic carboxylic acids is 1. The van der Waals surface area contributed by atoms with Crippen LogP contribution in [0.2, 0.25) is 0 Å². The van der Waals surface area contributed by atoms with Gasteiger partial charge in [0, 0.05) is 13.1 Å². The Morgan fingerprint density at radius 2 is 0.950 bits per heavy atom. The van der Waals surface area contributed by atoms with Crippen LogP contribution >= 0.6 is 37.2 Å². The first-order valence-electron chi connectivity index (χ1n) is 19.3. The van der Waals surface area contributed by atoms with E-state index in [0.717, 1.165) is 31.2 Å². The summed E-state index contributed by atoms with van der Waals surface area (Å²) >= 11 is 5.30. The molecule has 0 unspecified atom stereocenters. The number of esters is 1. The number of halogens is 3. The molecule has 2 heterocycles. The summed E-state index contributed by atoms with van der Waals surface area (Å²) in [4.78, 5) is 67.5. The number of likely N-dealkylation sites (tertiary alicyclic amines) is 2. The molecular formula is C43H58I3N4O10-. The SMILES string of the molecule is CC(C)(C)OC(=O)N1C[C@H](Cc2ccccc2)CC[C@H]1C(=O)O.CC(C)(C)OC(=O)N1C[C@H](Cc2ccccc2)CC[C@H]1C(=O)OCc1ccccc1.I[I-]I.N=O.N=O. The van der Waals surface area contributed by atoms with E-state index in [1.807, 2.05) is 87.5 Å². The molecule has 3 aromatic carbocycles. The van der Waals surface area contributed by atoms with Crippen LogP contribution in [0.25, 0.3) is 0 Å². The van der Waals surface area contributed by atoms with Gasteiger partial charge in [0.25, 0.3) is 0 Å². The minimum atomic E-state index is -0.964. The minimum Gasteiger partial charge on any atom is -0.154 e. The summed E-state index contributed by atoms with van der Waals surface area (Å²) in [6.45, 7) is 11.9. The average Bonchev–Trinajstić information content (AvgIpc) is 3.22. The quantitative estimate of drug-likeness (QED) is 0.0866. The van der Waals surface area contributed by atoms with E-state index in [0.29, 0.717) is 39.2 Å². The van der Waals surface area contributed by atoms with E-state index >= 15 is 0 Å². The van der Waals surface area contributed by atoms with Crippen LogP contribution in [-0.2, 0) is 43.2 Å². The number of carbonyl (C=O) groups is 4. The van der Waals surface area contributed by atoms with E-state index in [2.05, 4.69) is 72.7 Å². The Kier molecular flexibility index (Phi) is 26.3. The molecule has 0 bridgehead atoms. The first-order valence-corrected chi connectivity index (χ1v) is 31.8. The molecule has 17 heteroatoms. The Hall–Kier alpha value is -3.47. The zero-order valence-corrected chi connectivity index (χ0v) is 41.5. The molecule has 5 rings (SSSR count). The number of nitrogens with one attached hydrogen (secondary N) is 2. The third-order valence-corrected chi connectivity index (χ3v) is 9.13. The van der Waals surface area contributed by atoms with E-state index in [-0.39, 0.29) is 24.4 Å². The van der Waals surface area contributed by atoms with Crippen molar-refractivity contribution in [2.45, 2.75) is 110 Å². The van der Waals surface area contributed by atoms with Gasteiger partial charge >= 0.3 is 74.6 Å². The molecule has 2 aliphatic heterocycles. The van der Waals surface area contributed by atoms with Crippen LogP contribution < -0.4 is 13.3 Å². The summed E-state index contributed by atoms with van der Waals surface area (Å²) in [5.41, 5.74) is 11.1. The van der Waals surface area contributed by atoms with Gasteiger partial charge < -0.3 is 19.3 Å². The van der Waals surface area contributed by atoms with Crippen LogP contribution in [-0.4, -0.2) is 75.4 Å². The number of hydrogen-bond donors (Lipinski definition) is 3. The third kappa shape index (κ3) is 21.4. The molecule has 3 N–H and O–H groups in total. The van der Waals surface area contributed by atoms with Crippen LogP contribution in [0.4, 0.5) is 9.59 Å². The van der Waals surface area contributed by atoms with Crippen molar-refractivity contribution in [1.29, 1.82) is 11.2 Å². The second kappa shape index (κ2) is 28.9. The normalized spacial score (nSPS) is 18.5. The van der Waals surface area contributed by atoms with E-state index in [4.69, 9.17) is 24.0 Å². The third-order valence-electron chi connectivity index (χ3n) is 9.13. The van der Waals surface area contributed by atoms with Crippen LogP contribution in [0.15, 0.2) is 91.0 Å². The summed E-state index contributed by atoms with van der Waals surface area (Å²) in [7, 11) is 0. The Bertz CT molecular complexity index is 1700. The molecule has 60 heavy (non-hydrogen) atoms. The zero-order chi connectivity index (χ0) is 45.3. The van der Waals surface area contributed by atoms with Crippen LogP contribution in [0.3, 0.4) is 0 Å². The van der Waals surface area contributed by atoms with Crippen molar-refractivity contribution in [1.82, 2.24) is 9.80 Å². The van der Waals surface area contributed by atoms with E-state index in [9.17, 15) is 24.3 Å². The molecule has 2 aliphatic rings. The van der Waals surface area contributed by atoms with Gasteiger partial charge in [-0.05, 0) is 109 Å². The van der Waals surface area contributed by atoms with Crippen LogP contribution in [0.5, 0.6) is 0 Å². The molecule has 2 saturated heterocycles. The minimum absolute atomic E-state index is 0.200. The number of carboxylic acids is 1. The molecule has 0 spiro atoms. The summed E-state index contributed by atoms with van der Waals surface area (Å²) in [5.74, 6) is -0.810. The van der Waals surface area contributed by atoms with Gasteiger partial charge in [0.15, 0.2) is 0 Å². The summed E-state index contributed by atoms with van der Waals surface area (Å²) in [6.07, 6.45) is 3.41. The number of nitroso groups, excluding NO2 is 2. The fourth-order valence-corrected chi connectivity index (χ4v) is 6.69. The molecule has 14 nitrogen and oxygen atoms in total. The topological polar surface area (TPSA) is 205 Å². The number of carbonyl (C=O) groups excluding carboxylic acids is 3. The number of piperidine rings is 2. The average molecular weight is 1170 g/mol. The molecule has 2 fully saturated rings. The Morgan fingerprint density at radius 3 is 1.30 bits per heavy atom. The Labute approximate surface area is 383 Å². The second-order valence-electron chi connectivity index (χ2n) is 16.0. The molecule has 3 aromatic rings. The fourth-order valence-electron chi connectivity index (χ4n) is 6.69.